The van der Waals surface area contributed by atoms with E-state index in [0.29, 0.717) is 5.69 Å². The molecule has 0 saturated carbocycles. The molecule has 1 aliphatic rings. The lowest BCUT2D eigenvalue weighted by molar-refractivity contribution is -0.138. The third kappa shape index (κ3) is 3.00. The van der Waals surface area contributed by atoms with Crippen molar-refractivity contribution in [3.63, 3.8) is 0 Å². The maximum atomic E-state index is 12.7. The van der Waals surface area contributed by atoms with Crippen LogP contribution in [0.2, 0.25) is 0 Å². The van der Waals surface area contributed by atoms with Crippen molar-refractivity contribution in [1.82, 2.24) is 0 Å². The second-order valence-electron chi connectivity index (χ2n) is 4.58. The molecule has 0 radical (unpaired) electrons. The first kappa shape index (κ1) is 13.7. The van der Waals surface area contributed by atoms with E-state index in [9.17, 15) is 18.0 Å². The van der Waals surface area contributed by atoms with Crippen molar-refractivity contribution >= 4 is 11.7 Å². The zero-order valence-corrected chi connectivity index (χ0v) is 10.2. The fraction of sp³-hybridized carbons (Fsp3) is 0.462. The van der Waals surface area contributed by atoms with Gasteiger partial charge in [0.1, 0.15) is 0 Å². The van der Waals surface area contributed by atoms with Gasteiger partial charge in [0.2, 0.25) is 0 Å². The van der Waals surface area contributed by atoms with Gasteiger partial charge in [-0.2, -0.15) is 13.2 Å². The highest BCUT2D eigenvalue weighted by Crippen LogP contribution is 2.34. The lowest BCUT2D eigenvalue weighted by Crippen LogP contribution is -2.29. The van der Waals surface area contributed by atoms with Crippen molar-refractivity contribution < 1.29 is 23.1 Å². The number of carboxylic acids is 1. The number of anilines is 1. The summed E-state index contributed by atoms with van der Waals surface area (Å²) in [5, 5.41) is 8.93. The molecule has 19 heavy (non-hydrogen) atoms. The van der Waals surface area contributed by atoms with Crippen molar-refractivity contribution in [2.24, 2.45) is 0 Å². The highest BCUT2D eigenvalue weighted by molar-refractivity contribution is 5.91. The summed E-state index contributed by atoms with van der Waals surface area (Å²) in [7, 11) is 0. The number of aromatic carboxylic acids is 1. The molecular formula is C13H14F3NO2. The molecule has 0 aliphatic carbocycles. The van der Waals surface area contributed by atoms with E-state index in [-0.39, 0.29) is 0 Å². The van der Waals surface area contributed by atoms with Gasteiger partial charge >= 0.3 is 12.1 Å². The van der Waals surface area contributed by atoms with Crippen LogP contribution in [0.5, 0.6) is 0 Å². The van der Waals surface area contributed by atoms with Gasteiger partial charge in [-0.25, -0.2) is 4.79 Å². The molecule has 1 aliphatic heterocycles. The van der Waals surface area contributed by atoms with E-state index < -0.39 is 23.3 Å². The second-order valence-corrected chi connectivity index (χ2v) is 4.58. The Labute approximate surface area is 108 Å². The Bertz CT molecular complexity index is 479. The fourth-order valence-corrected chi connectivity index (χ4v) is 2.31. The van der Waals surface area contributed by atoms with E-state index in [4.69, 9.17) is 5.11 Å². The third-order valence-electron chi connectivity index (χ3n) is 3.26. The second kappa shape index (κ2) is 5.11. The number of hydrogen-bond donors (Lipinski definition) is 1. The monoisotopic (exact) mass is 273 g/mol. The molecule has 3 nitrogen and oxygen atoms in total. The number of nitrogens with zero attached hydrogens (tertiary/aromatic N) is 1. The third-order valence-corrected chi connectivity index (χ3v) is 3.26. The minimum absolute atomic E-state index is 0.546. The molecule has 2 rings (SSSR count). The molecular weight excluding hydrogens is 259 g/mol. The first-order chi connectivity index (χ1) is 8.89. The normalized spacial score (nSPS) is 16.5. The minimum Gasteiger partial charge on any atom is -0.478 e. The molecule has 0 unspecified atom stereocenters. The quantitative estimate of drug-likeness (QED) is 0.897. The van der Waals surface area contributed by atoms with Gasteiger partial charge in [-0.15, -0.1) is 0 Å². The van der Waals surface area contributed by atoms with Gasteiger partial charge in [-0.1, -0.05) is 0 Å². The van der Waals surface area contributed by atoms with Crippen LogP contribution >= 0.6 is 0 Å². The van der Waals surface area contributed by atoms with E-state index in [1.807, 2.05) is 4.90 Å². The van der Waals surface area contributed by atoms with Crippen LogP contribution in [0.25, 0.3) is 0 Å². The predicted octanol–water partition coefficient (Wildman–Crippen LogP) is 3.39. The van der Waals surface area contributed by atoms with E-state index in [0.717, 1.165) is 44.5 Å². The van der Waals surface area contributed by atoms with E-state index in [2.05, 4.69) is 0 Å². The van der Waals surface area contributed by atoms with Crippen LogP contribution in [0.15, 0.2) is 18.2 Å². The van der Waals surface area contributed by atoms with Crippen LogP contribution in [-0.2, 0) is 6.18 Å². The number of hydrogen-bond acceptors (Lipinski definition) is 2. The maximum Gasteiger partial charge on any atom is 0.417 e. The Morgan fingerprint density at radius 2 is 1.79 bits per heavy atom. The standard InChI is InChI=1S/C13H14F3NO2/c14-13(15,16)11-5-4-9(8-10(11)12(18)19)17-6-2-1-3-7-17/h4-5,8H,1-3,6-7H2,(H,18,19). The molecule has 1 aromatic rings. The Morgan fingerprint density at radius 3 is 2.32 bits per heavy atom. The van der Waals surface area contributed by atoms with Gasteiger partial charge in [-0.05, 0) is 37.5 Å². The smallest absolute Gasteiger partial charge is 0.417 e. The molecule has 0 atom stereocenters. The molecule has 1 heterocycles. The number of benzene rings is 1. The molecule has 1 N–H and O–H groups in total. The van der Waals surface area contributed by atoms with Gasteiger partial charge in [0, 0.05) is 18.8 Å². The summed E-state index contributed by atoms with van der Waals surface area (Å²) in [6.07, 6.45) is -1.59. The van der Waals surface area contributed by atoms with Gasteiger partial charge in [-0.3, -0.25) is 0 Å². The molecule has 0 bridgehead atoms. The molecule has 6 heteroatoms. The maximum absolute atomic E-state index is 12.7. The van der Waals surface area contributed by atoms with Crippen LogP contribution in [0, 0.1) is 0 Å². The zero-order valence-electron chi connectivity index (χ0n) is 10.2. The highest BCUT2D eigenvalue weighted by Gasteiger charge is 2.35. The number of carboxylic acid groups (broad SMARTS) is 1. The van der Waals surface area contributed by atoms with Crippen LogP contribution in [-0.4, -0.2) is 24.2 Å². The minimum atomic E-state index is -4.64. The number of alkyl halides is 3. The zero-order chi connectivity index (χ0) is 14.0. The van der Waals surface area contributed by atoms with Crippen molar-refractivity contribution in [2.45, 2.75) is 25.4 Å². The molecule has 104 valence electrons. The summed E-state index contributed by atoms with van der Waals surface area (Å²) in [6.45, 7) is 1.51. The molecule has 0 amide bonds. The predicted molar refractivity (Wildman–Crippen MR) is 64.5 cm³/mol. The Morgan fingerprint density at radius 1 is 1.16 bits per heavy atom. The number of carbonyl (C=O) groups is 1. The highest BCUT2D eigenvalue weighted by atomic mass is 19.4. The number of halogens is 3. The SMILES string of the molecule is O=C(O)c1cc(N2CCCCC2)ccc1C(F)(F)F. The van der Waals surface area contributed by atoms with Crippen LogP contribution in [0.1, 0.15) is 35.2 Å². The summed E-state index contributed by atoms with van der Waals surface area (Å²) in [5.41, 5.74) is -1.23. The molecule has 0 spiro atoms. The van der Waals surface area contributed by atoms with Crippen molar-refractivity contribution in [3.8, 4) is 0 Å². The Hall–Kier alpha value is -1.72. The van der Waals surface area contributed by atoms with Crippen molar-refractivity contribution in [1.29, 1.82) is 0 Å². The average Bonchev–Trinajstić information content (AvgIpc) is 2.38. The summed E-state index contributed by atoms with van der Waals surface area (Å²) in [5.74, 6) is -1.55. The Kier molecular flexibility index (Phi) is 3.68. The average molecular weight is 273 g/mol. The van der Waals surface area contributed by atoms with Gasteiger partial charge in [0.15, 0.2) is 0 Å². The van der Waals surface area contributed by atoms with Crippen molar-refractivity contribution in [3.05, 3.63) is 29.3 Å². The number of piperidine rings is 1. The van der Waals surface area contributed by atoms with Crippen molar-refractivity contribution in [2.75, 3.05) is 18.0 Å². The molecule has 1 saturated heterocycles. The summed E-state index contributed by atoms with van der Waals surface area (Å²) < 4.78 is 38.1. The van der Waals surface area contributed by atoms with E-state index in [1.165, 1.54) is 6.07 Å². The lowest BCUT2D eigenvalue weighted by atomic mass is 10.0. The van der Waals surface area contributed by atoms with Crippen LogP contribution < -0.4 is 4.90 Å². The van der Waals surface area contributed by atoms with Crippen LogP contribution in [0.4, 0.5) is 18.9 Å². The first-order valence-corrected chi connectivity index (χ1v) is 6.09. The van der Waals surface area contributed by atoms with E-state index in [1.54, 1.807) is 0 Å². The van der Waals surface area contributed by atoms with E-state index >= 15 is 0 Å². The van der Waals surface area contributed by atoms with Gasteiger partial charge < -0.3 is 10.0 Å². The molecule has 1 fully saturated rings. The Balaban J connectivity index is 2.38. The lowest BCUT2D eigenvalue weighted by Gasteiger charge is -2.29. The van der Waals surface area contributed by atoms with Crippen LogP contribution in [0.3, 0.4) is 0 Å². The topological polar surface area (TPSA) is 40.5 Å². The summed E-state index contributed by atoms with van der Waals surface area (Å²) in [6, 6.07) is 3.32. The summed E-state index contributed by atoms with van der Waals surface area (Å²) >= 11 is 0. The van der Waals surface area contributed by atoms with Gasteiger partial charge in [0.05, 0.1) is 11.1 Å². The number of rotatable bonds is 2. The molecule has 1 aromatic carbocycles. The largest absolute Gasteiger partial charge is 0.478 e. The fourth-order valence-electron chi connectivity index (χ4n) is 2.31. The van der Waals surface area contributed by atoms with Gasteiger partial charge in [0.25, 0.3) is 0 Å². The molecule has 0 aromatic heterocycles. The first-order valence-electron chi connectivity index (χ1n) is 6.09. The summed E-state index contributed by atoms with van der Waals surface area (Å²) in [4.78, 5) is 12.9.